The summed E-state index contributed by atoms with van der Waals surface area (Å²) >= 11 is 0. The van der Waals surface area contributed by atoms with Gasteiger partial charge in [0.2, 0.25) is 10.0 Å². The molecule has 1 aliphatic heterocycles. The quantitative estimate of drug-likeness (QED) is 0.632. The maximum Gasteiger partial charge on any atom is 0.416 e. The lowest BCUT2D eigenvalue weighted by molar-refractivity contribution is -0.138. The maximum absolute atomic E-state index is 13.5. The summed E-state index contributed by atoms with van der Waals surface area (Å²) in [5.74, 6) is -0.990. The number of likely N-dealkylation sites (N-methyl/N-ethyl adjacent to an activating group) is 1. The lowest BCUT2D eigenvalue weighted by atomic mass is 9.99. The maximum atomic E-state index is 13.5. The zero-order chi connectivity index (χ0) is 22.1. The first-order chi connectivity index (χ1) is 14.0. The van der Waals surface area contributed by atoms with E-state index in [2.05, 4.69) is 0 Å². The Bertz CT molecular complexity index is 1050. The second-order valence-electron chi connectivity index (χ2n) is 7.08. The van der Waals surface area contributed by atoms with Crippen LogP contribution in [0.1, 0.15) is 17.5 Å². The van der Waals surface area contributed by atoms with Crippen molar-refractivity contribution in [2.45, 2.75) is 30.0 Å². The van der Waals surface area contributed by atoms with Gasteiger partial charge in [-0.2, -0.15) is 17.5 Å². The number of carbonyl (C=O) groups is 1. The van der Waals surface area contributed by atoms with Gasteiger partial charge in [-0.1, -0.05) is 24.3 Å². The Morgan fingerprint density at radius 2 is 1.90 bits per heavy atom. The number of sulfonamides is 1. The van der Waals surface area contributed by atoms with Crippen LogP contribution in [0.25, 0.3) is 11.1 Å². The lowest BCUT2D eigenvalue weighted by Crippen LogP contribution is -2.30. The molecule has 6 nitrogen and oxygen atoms in total. The van der Waals surface area contributed by atoms with E-state index in [0.29, 0.717) is 23.8 Å². The molecule has 2 aromatic rings. The molecule has 1 N–H and O–H groups in total. The van der Waals surface area contributed by atoms with Gasteiger partial charge in [0.05, 0.1) is 23.2 Å². The third kappa shape index (κ3) is 5.38. The topological polar surface area (TPSA) is 87.2 Å². The van der Waals surface area contributed by atoms with Crippen molar-refractivity contribution in [3.05, 3.63) is 53.6 Å². The molecule has 2 aromatic carbocycles. The molecule has 0 bridgehead atoms. The van der Waals surface area contributed by atoms with Crippen molar-refractivity contribution >= 4 is 16.0 Å². The Hall–Kier alpha value is -2.43. The highest BCUT2D eigenvalue weighted by atomic mass is 32.2. The average Bonchev–Trinajstić information content (AvgIpc) is 3.49. The van der Waals surface area contributed by atoms with Crippen LogP contribution >= 0.6 is 0 Å². The number of carboxylic acid groups (broad SMARTS) is 1. The summed E-state index contributed by atoms with van der Waals surface area (Å²) in [6.45, 7) is 0.468. The summed E-state index contributed by atoms with van der Waals surface area (Å²) in [7, 11) is -2.87. The Morgan fingerprint density at radius 3 is 2.50 bits per heavy atom. The van der Waals surface area contributed by atoms with Crippen molar-refractivity contribution < 1.29 is 36.2 Å². The van der Waals surface area contributed by atoms with Crippen LogP contribution in [0.4, 0.5) is 13.2 Å². The van der Waals surface area contributed by atoms with Crippen molar-refractivity contribution in [1.29, 1.82) is 0 Å². The fourth-order valence-corrected chi connectivity index (χ4v) is 4.25. The summed E-state index contributed by atoms with van der Waals surface area (Å²) in [5, 5.41) is 8.83. The van der Waals surface area contributed by atoms with E-state index in [1.54, 1.807) is 24.3 Å². The van der Waals surface area contributed by atoms with E-state index in [1.807, 2.05) is 0 Å². The average molecular weight is 443 g/mol. The standard InChI is InChI=1S/C20H20F3NO5S/c1-24(11-17-12-29-17)30(27,28)18-9-15(8-16(10-18)20(21,22)23)14-4-2-3-13(7-14)5-6-19(25)26/h2-4,7-10,17H,5-6,11-12H2,1H3,(H,25,26). The van der Waals surface area contributed by atoms with Crippen molar-refractivity contribution in [3.8, 4) is 11.1 Å². The van der Waals surface area contributed by atoms with Gasteiger partial charge >= 0.3 is 12.1 Å². The number of rotatable bonds is 8. The molecule has 1 fully saturated rings. The van der Waals surface area contributed by atoms with E-state index in [9.17, 15) is 26.4 Å². The summed E-state index contributed by atoms with van der Waals surface area (Å²) in [6, 6.07) is 9.09. The number of benzene rings is 2. The molecule has 1 atom stereocenters. The first kappa shape index (κ1) is 22.3. The van der Waals surface area contributed by atoms with Crippen LogP contribution in [0.5, 0.6) is 0 Å². The monoisotopic (exact) mass is 443 g/mol. The molecule has 1 heterocycles. The zero-order valence-corrected chi connectivity index (χ0v) is 16.8. The van der Waals surface area contributed by atoms with Crippen LogP contribution < -0.4 is 0 Å². The number of nitrogens with zero attached hydrogens (tertiary/aromatic N) is 1. The number of hydrogen-bond acceptors (Lipinski definition) is 4. The Labute approximate surface area is 171 Å². The predicted molar refractivity (Wildman–Crippen MR) is 102 cm³/mol. The number of aliphatic carboxylic acids is 1. The van der Waals surface area contributed by atoms with Crippen molar-refractivity contribution in [2.75, 3.05) is 20.2 Å². The van der Waals surface area contributed by atoms with Gasteiger partial charge in [-0.3, -0.25) is 4.79 Å². The number of halogens is 3. The number of carboxylic acids is 1. The molecule has 162 valence electrons. The molecule has 3 rings (SSSR count). The largest absolute Gasteiger partial charge is 0.481 e. The van der Waals surface area contributed by atoms with Gasteiger partial charge in [0, 0.05) is 20.0 Å². The van der Waals surface area contributed by atoms with Crippen LogP contribution in [-0.4, -0.2) is 50.1 Å². The van der Waals surface area contributed by atoms with Crippen LogP contribution in [0.15, 0.2) is 47.4 Å². The van der Waals surface area contributed by atoms with Crippen molar-refractivity contribution in [1.82, 2.24) is 4.31 Å². The van der Waals surface area contributed by atoms with Gasteiger partial charge in [0.15, 0.2) is 0 Å². The highest BCUT2D eigenvalue weighted by Crippen LogP contribution is 2.35. The normalized spacial score (nSPS) is 16.6. The fourth-order valence-electron chi connectivity index (χ4n) is 2.97. The molecule has 10 heteroatoms. The first-order valence-corrected chi connectivity index (χ1v) is 10.5. The number of ether oxygens (including phenoxy) is 1. The van der Waals surface area contributed by atoms with E-state index >= 15 is 0 Å². The highest BCUT2D eigenvalue weighted by Gasteiger charge is 2.35. The minimum atomic E-state index is -4.74. The SMILES string of the molecule is CN(CC1CO1)S(=O)(=O)c1cc(-c2cccc(CCC(=O)O)c2)cc(C(F)(F)F)c1. The van der Waals surface area contributed by atoms with E-state index in [1.165, 1.54) is 13.1 Å². The second kappa shape index (κ2) is 8.37. The molecule has 1 aliphatic rings. The smallest absolute Gasteiger partial charge is 0.416 e. The van der Waals surface area contributed by atoms with E-state index in [0.717, 1.165) is 10.4 Å². The fraction of sp³-hybridized carbons (Fsp3) is 0.350. The van der Waals surface area contributed by atoms with Gasteiger partial charge < -0.3 is 9.84 Å². The van der Waals surface area contributed by atoms with Gasteiger partial charge in [-0.05, 0) is 41.3 Å². The molecule has 1 unspecified atom stereocenters. The Morgan fingerprint density at radius 1 is 1.20 bits per heavy atom. The third-order valence-corrected chi connectivity index (χ3v) is 6.49. The van der Waals surface area contributed by atoms with Gasteiger partial charge in [0.1, 0.15) is 0 Å². The number of alkyl halides is 3. The van der Waals surface area contributed by atoms with Crippen LogP contribution in [0.2, 0.25) is 0 Å². The molecule has 0 saturated carbocycles. The van der Waals surface area contributed by atoms with E-state index in [4.69, 9.17) is 9.84 Å². The number of epoxide rings is 1. The second-order valence-corrected chi connectivity index (χ2v) is 9.12. The minimum absolute atomic E-state index is 0.0542. The van der Waals surface area contributed by atoms with Crippen molar-refractivity contribution in [2.24, 2.45) is 0 Å². The Kier molecular flexibility index (Phi) is 6.21. The van der Waals surface area contributed by atoms with Gasteiger partial charge in [-0.15, -0.1) is 0 Å². The zero-order valence-electron chi connectivity index (χ0n) is 16.0. The third-order valence-electron chi connectivity index (χ3n) is 4.69. The summed E-state index contributed by atoms with van der Waals surface area (Å²) in [5.41, 5.74) is -0.00410. The molecule has 0 radical (unpaired) electrons. The highest BCUT2D eigenvalue weighted by molar-refractivity contribution is 7.89. The minimum Gasteiger partial charge on any atom is -0.481 e. The van der Waals surface area contributed by atoms with Crippen LogP contribution in [0, 0.1) is 0 Å². The lowest BCUT2D eigenvalue weighted by Gasteiger charge is -2.18. The van der Waals surface area contributed by atoms with E-state index in [-0.39, 0.29) is 31.1 Å². The summed E-state index contributed by atoms with van der Waals surface area (Å²) in [4.78, 5) is 10.3. The molecule has 0 spiro atoms. The molecule has 1 saturated heterocycles. The molecular formula is C20H20F3NO5S. The van der Waals surface area contributed by atoms with Gasteiger partial charge in [-0.25, -0.2) is 8.42 Å². The van der Waals surface area contributed by atoms with Crippen molar-refractivity contribution in [3.63, 3.8) is 0 Å². The predicted octanol–water partition coefficient (Wildman–Crippen LogP) is 3.41. The molecular weight excluding hydrogens is 423 g/mol. The molecule has 30 heavy (non-hydrogen) atoms. The number of aryl methyl sites for hydroxylation is 1. The van der Waals surface area contributed by atoms with Crippen LogP contribution in [0.3, 0.4) is 0 Å². The Balaban J connectivity index is 2.03. The first-order valence-electron chi connectivity index (χ1n) is 9.08. The summed E-state index contributed by atoms with van der Waals surface area (Å²) < 4.78 is 72.1. The molecule has 0 amide bonds. The van der Waals surface area contributed by atoms with E-state index < -0.39 is 32.6 Å². The van der Waals surface area contributed by atoms with Gasteiger partial charge in [0.25, 0.3) is 0 Å². The summed E-state index contributed by atoms with van der Waals surface area (Å²) in [6.07, 6.45) is -4.91. The molecule has 0 aliphatic carbocycles. The number of hydrogen-bond donors (Lipinski definition) is 1. The molecule has 0 aromatic heterocycles. The van der Waals surface area contributed by atoms with Crippen LogP contribution in [-0.2, 0) is 32.2 Å².